The highest BCUT2D eigenvalue weighted by molar-refractivity contribution is 5.92. The van der Waals surface area contributed by atoms with E-state index in [2.05, 4.69) is 23.3 Å². The van der Waals surface area contributed by atoms with E-state index in [1.807, 2.05) is 0 Å². The van der Waals surface area contributed by atoms with Crippen LogP contribution in [0.15, 0.2) is 0 Å². The lowest BCUT2D eigenvalue weighted by Gasteiger charge is -2.34. The van der Waals surface area contributed by atoms with Crippen molar-refractivity contribution in [2.75, 3.05) is 13.7 Å². The summed E-state index contributed by atoms with van der Waals surface area (Å²) in [5, 5.41) is 0. The van der Waals surface area contributed by atoms with Crippen LogP contribution in [0.4, 0.5) is 0 Å². The van der Waals surface area contributed by atoms with E-state index in [0.29, 0.717) is 5.92 Å². The number of esters is 3. The van der Waals surface area contributed by atoms with Gasteiger partial charge in [-0.2, -0.15) is 0 Å². The molecule has 0 bridgehead atoms. The van der Waals surface area contributed by atoms with Gasteiger partial charge in [0.05, 0.1) is 25.7 Å². The Labute approximate surface area is 142 Å². The molecule has 8 nitrogen and oxygen atoms in total. The van der Waals surface area contributed by atoms with Gasteiger partial charge in [-0.05, 0) is 18.8 Å². The second-order valence-corrected chi connectivity index (χ2v) is 6.47. The first-order valence-corrected chi connectivity index (χ1v) is 8.19. The van der Waals surface area contributed by atoms with Gasteiger partial charge < -0.3 is 25.7 Å². The van der Waals surface area contributed by atoms with Crippen molar-refractivity contribution in [2.45, 2.75) is 63.6 Å². The largest absolute Gasteiger partial charge is 0.469 e. The van der Waals surface area contributed by atoms with E-state index in [0.717, 1.165) is 25.7 Å². The van der Waals surface area contributed by atoms with Gasteiger partial charge in [-0.15, -0.1) is 0 Å². The maximum absolute atomic E-state index is 11.9. The van der Waals surface area contributed by atoms with E-state index in [1.165, 1.54) is 7.11 Å². The van der Waals surface area contributed by atoms with E-state index < -0.39 is 30.0 Å². The number of carbonyl (C=O) groups is 3. The minimum absolute atomic E-state index is 0.0312. The Morgan fingerprint density at radius 1 is 1.04 bits per heavy atom. The smallest absolute Gasteiger partial charge is 0.333 e. The average molecular weight is 344 g/mol. The molecule has 0 aromatic heterocycles. The third kappa shape index (κ3) is 5.54. The second kappa shape index (κ2) is 9.10. The molecular formula is C16H28N2O6. The molecule has 0 heterocycles. The van der Waals surface area contributed by atoms with E-state index in [9.17, 15) is 14.4 Å². The van der Waals surface area contributed by atoms with Gasteiger partial charge in [0.15, 0.2) is 0 Å². The molecular weight excluding hydrogens is 316 g/mol. The Morgan fingerprint density at radius 2 is 1.58 bits per heavy atom. The molecule has 1 saturated carbocycles. The first-order chi connectivity index (χ1) is 11.2. The summed E-state index contributed by atoms with van der Waals surface area (Å²) < 4.78 is 14.9. The van der Waals surface area contributed by atoms with E-state index >= 15 is 0 Å². The summed E-state index contributed by atoms with van der Waals surface area (Å²) in [6, 6.07) is -2.36. The van der Waals surface area contributed by atoms with Crippen molar-refractivity contribution in [1.82, 2.24) is 0 Å². The number of hydrogen-bond donors (Lipinski definition) is 2. The highest BCUT2D eigenvalue weighted by atomic mass is 16.6. The van der Waals surface area contributed by atoms with Crippen molar-refractivity contribution in [3.8, 4) is 0 Å². The zero-order chi connectivity index (χ0) is 18.3. The number of nitrogens with two attached hydrogens (primary N) is 2. The number of rotatable bonds is 8. The predicted molar refractivity (Wildman–Crippen MR) is 85.7 cm³/mol. The third-order valence-corrected chi connectivity index (χ3v) is 4.47. The molecule has 1 fully saturated rings. The fourth-order valence-corrected chi connectivity index (χ4v) is 2.78. The molecule has 0 saturated heterocycles. The molecule has 4 N–H and O–H groups in total. The molecule has 0 amide bonds. The number of methoxy groups -OCH3 is 1. The molecule has 0 unspecified atom stereocenters. The van der Waals surface area contributed by atoms with Crippen LogP contribution < -0.4 is 11.5 Å². The van der Waals surface area contributed by atoms with E-state index in [1.54, 1.807) is 0 Å². The van der Waals surface area contributed by atoms with Crippen molar-refractivity contribution in [3.63, 3.8) is 0 Å². The SMILES string of the molecule is COC(=O)C[C@H](N)C(=O)OC(=O)[C@@H](N)COC1(C(C)C)CCCC1. The number of ether oxygens (including phenoxy) is 3. The van der Waals surface area contributed by atoms with Gasteiger partial charge in [-0.3, -0.25) is 4.79 Å². The van der Waals surface area contributed by atoms with Gasteiger partial charge in [0.2, 0.25) is 0 Å². The monoisotopic (exact) mass is 344 g/mol. The molecule has 0 aliphatic heterocycles. The summed E-state index contributed by atoms with van der Waals surface area (Å²) >= 11 is 0. The molecule has 1 rings (SSSR count). The number of carbonyl (C=O) groups excluding carboxylic acids is 3. The Hall–Kier alpha value is -1.51. The van der Waals surface area contributed by atoms with Crippen molar-refractivity contribution in [3.05, 3.63) is 0 Å². The minimum atomic E-state index is -1.27. The lowest BCUT2D eigenvalue weighted by Crippen LogP contribution is -2.45. The molecule has 0 aromatic carbocycles. The normalized spacial score (nSPS) is 18.9. The van der Waals surface area contributed by atoms with Crippen LogP contribution >= 0.6 is 0 Å². The molecule has 0 aromatic rings. The topological polar surface area (TPSA) is 131 Å². The fourth-order valence-electron chi connectivity index (χ4n) is 2.78. The highest BCUT2D eigenvalue weighted by Gasteiger charge is 2.39. The van der Waals surface area contributed by atoms with Gasteiger partial charge in [0, 0.05) is 0 Å². The van der Waals surface area contributed by atoms with Crippen LogP contribution in [-0.2, 0) is 28.6 Å². The van der Waals surface area contributed by atoms with Crippen molar-refractivity contribution >= 4 is 17.9 Å². The van der Waals surface area contributed by atoms with Gasteiger partial charge in [0.25, 0.3) is 0 Å². The maximum atomic E-state index is 11.9. The van der Waals surface area contributed by atoms with Crippen LogP contribution in [0.1, 0.15) is 46.0 Å². The molecule has 24 heavy (non-hydrogen) atoms. The molecule has 0 radical (unpaired) electrons. The predicted octanol–water partition coefficient (Wildman–Crippen LogP) is 0.259. The number of hydrogen-bond acceptors (Lipinski definition) is 8. The summed E-state index contributed by atoms with van der Waals surface area (Å²) in [7, 11) is 1.17. The molecule has 1 aliphatic carbocycles. The van der Waals surface area contributed by atoms with Crippen LogP contribution in [0.2, 0.25) is 0 Å². The van der Waals surface area contributed by atoms with Gasteiger partial charge in [-0.25, -0.2) is 9.59 Å². The van der Waals surface area contributed by atoms with E-state index in [4.69, 9.17) is 16.2 Å². The Balaban J connectivity index is 2.47. The molecule has 0 spiro atoms. The first-order valence-electron chi connectivity index (χ1n) is 8.19. The van der Waals surface area contributed by atoms with Crippen molar-refractivity contribution in [1.29, 1.82) is 0 Å². The Kier molecular flexibility index (Phi) is 7.78. The lowest BCUT2D eigenvalue weighted by molar-refractivity contribution is -0.165. The highest BCUT2D eigenvalue weighted by Crippen LogP contribution is 2.39. The van der Waals surface area contributed by atoms with Gasteiger partial charge in [-0.1, -0.05) is 26.7 Å². The van der Waals surface area contributed by atoms with Crippen LogP contribution in [0.25, 0.3) is 0 Å². The van der Waals surface area contributed by atoms with Crippen LogP contribution in [0.3, 0.4) is 0 Å². The average Bonchev–Trinajstić information content (AvgIpc) is 3.02. The summed E-state index contributed by atoms with van der Waals surface area (Å²) in [4.78, 5) is 34.6. The minimum Gasteiger partial charge on any atom is -0.469 e. The van der Waals surface area contributed by atoms with Crippen molar-refractivity contribution < 1.29 is 28.6 Å². The van der Waals surface area contributed by atoms with Crippen molar-refractivity contribution in [2.24, 2.45) is 17.4 Å². The third-order valence-electron chi connectivity index (χ3n) is 4.47. The van der Waals surface area contributed by atoms with Gasteiger partial charge in [0.1, 0.15) is 12.1 Å². The molecule has 8 heteroatoms. The molecule has 2 atom stereocenters. The summed E-state index contributed by atoms with van der Waals surface area (Å²) in [6.07, 6.45) is 3.65. The van der Waals surface area contributed by atoms with E-state index in [-0.39, 0.29) is 18.6 Å². The quantitative estimate of drug-likeness (QED) is 0.473. The Morgan fingerprint density at radius 3 is 2.08 bits per heavy atom. The maximum Gasteiger partial charge on any atom is 0.333 e. The zero-order valence-electron chi connectivity index (χ0n) is 14.6. The van der Waals surface area contributed by atoms with Crippen LogP contribution in [-0.4, -0.2) is 49.3 Å². The van der Waals surface area contributed by atoms with Crippen LogP contribution in [0.5, 0.6) is 0 Å². The fraction of sp³-hybridized carbons (Fsp3) is 0.812. The van der Waals surface area contributed by atoms with Gasteiger partial charge >= 0.3 is 17.9 Å². The second-order valence-electron chi connectivity index (χ2n) is 6.47. The summed E-state index contributed by atoms with van der Waals surface area (Å²) in [5.41, 5.74) is 10.9. The molecule has 138 valence electrons. The Bertz CT molecular complexity index is 459. The first kappa shape index (κ1) is 20.5. The molecule has 1 aliphatic rings. The lowest BCUT2D eigenvalue weighted by atomic mass is 9.88. The summed E-state index contributed by atoms with van der Waals surface area (Å²) in [5.74, 6) is -2.30. The zero-order valence-corrected chi connectivity index (χ0v) is 14.6. The van der Waals surface area contributed by atoms with Crippen LogP contribution in [0, 0.1) is 5.92 Å². The standard InChI is InChI=1S/C16H28N2O6/c1-10(2)16(6-4-5-7-16)23-9-12(18)15(21)24-14(20)11(17)8-13(19)22-3/h10-12H,4-9,17-18H2,1-3H3/t11-,12-/m0/s1. The summed E-state index contributed by atoms with van der Waals surface area (Å²) in [6.45, 7) is 4.12.